The maximum atomic E-state index is 12.5. The first-order chi connectivity index (χ1) is 15.4. The molecule has 1 saturated heterocycles. The number of methoxy groups -OCH3 is 2. The van der Waals surface area contributed by atoms with Crippen LogP contribution in [-0.4, -0.2) is 43.6 Å². The number of urea groups is 1. The van der Waals surface area contributed by atoms with Gasteiger partial charge in [-0.05, 0) is 45.8 Å². The molecular weight excluding hydrogens is 482 g/mol. The van der Waals surface area contributed by atoms with Gasteiger partial charge in [-0.1, -0.05) is 18.2 Å². The van der Waals surface area contributed by atoms with Crippen molar-refractivity contribution < 1.29 is 28.6 Å². The molecule has 1 aliphatic rings. The van der Waals surface area contributed by atoms with Crippen molar-refractivity contribution in [3.8, 4) is 17.6 Å². The van der Waals surface area contributed by atoms with E-state index in [0.29, 0.717) is 27.1 Å². The van der Waals surface area contributed by atoms with Gasteiger partial charge in [0, 0.05) is 5.56 Å². The van der Waals surface area contributed by atoms with Crippen molar-refractivity contribution in [2.75, 3.05) is 20.8 Å². The summed E-state index contributed by atoms with van der Waals surface area (Å²) in [6.07, 6.45) is 1.46. The number of rotatable bonds is 7. The van der Waals surface area contributed by atoms with Crippen LogP contribution in [-0.2, 0) is 20.9 Å². The maximum Gasteiger partial charge on any atom is 0.329 e. The molecule has 0 unspecified atom stereocenters. The minimum atomic E-state index is -0.714. The Morgan fingerprint density at radius 3 is 2.69 bits per heavy atom. The predicted molar refractivity (Wildman–Crippen MR) is 116 cm³/mol. The number of imide groups is 1. The maximum absolute atomic E-state index is 12.5. The number of benzene rings is 2. The summed E-state index contributed by atoms with van der Waals surface area (Å²) in [6.45, 7) is -0.335. The van der Waals surface area contributed by atoms with E-state index >= 15 is 0 Å². The Labute approximate surface area is 192 Å². The number of hydrogen-bond donors (Lipinski definition) is 1. The molecule has 164 valence electrons. The number of nitrogens with one attached hydrogen (secondary N) is 1. The third kappa shape index (κ3) is 4.90. The van der Waals surface area contributed by atoms with Crippen molar-refractivity contribution >= 4 is 39.9 Å². The Balaban J connectivity index is 1.83. The summed E-state index contributed by atoms with van der Waals surface area (Å²) >= 11 is 3.44. The fourth-order valence-corrected chi connectivity index (χ4v) is 3.52. The van der Waals surface area contributed by atoms with Crippen LogP contribution in [0, 0.1) is 11.3 Å². The number of halogens is 1. The lowest BCUT2D eigenvalue weighted by molar-refractivity contribution is -0.143. The molecule has 2 aromatic rings. The summed E-state index contributed by atoms with van der Waals surface area (Å²) in [4.78, 5) is 36.7. The fourth-order valence-electron chi connectivity index (χ4n) is 2.94. The highest BCUT2D eigenvalue weighted by Gasteiger charge is 2.35. The smallest absolute Gasteiger partial charge is 0.329 e. The van der Waals surface area contributed by atoms with Gasteiger partial charge in [0.2, 0.25) is 0 Å². The minimum Gasteiger partial charge on any atom is -0.493 e. The van der Waals surface area contributed by atoms with Gasteiger partial charge in [-0.15, -0.1) is 0 Å². The van der Waals surface area contributed by atoms with Crippen LogP contribution in [0.2, 0.25) is 0 Å². The van der Waals surface area contributed by atoms with E-state index in [0.717, 1.165) is 10.5 Å². The van der Waals surface area contributed by atoms with E-state index in [4.69, 9.17) is 9.47 Å². The van der Waals surface area contributed by atoms with Crippen LogP contribution in [0.15, 0.2) is 46.6 Å². The topological polar surface area (TPSA) is 118 Å². The van der Waals surface area contributed by atoms with Gasteiger partial charge < -0.3 is 19.5 Å². The van der Waals surface area contributed by atoms with Crippen molar-refractivity contribution in [1.29, 1.82) is 5.26 Å². The molecule has 0 spiro atoms. The summed E-state index contributed by atoms with van der Waals surface area (Å²) in [5.41, 5.74) is 1.78. The second kappa shape index (κ2) is 9.98. The molecule has 0 radical (unpaired) electrons. The van der Waals surface area contributed by atoms with Gasteiger partial charge >= 0.3 is 12.0 Å². The van der Waals surface area contributed by atoms with Crippen molar-refractivity contribution in [3.05, 3.63) is 63.3 Å². The minimum absolute atomic E-state index is 0.00414. The van der Waals surface area contributed by atoms with E-state index in [9.17, 15) is 19.6 Å². The molecule has 1 heterocycles. The molecule has 3 amide bonds. The zero-order valence-corrected chi connectivity index (χ0v) is 18.8. The molecular formula is C22H18BrN3O6. The molecule has 3 rings (SSSR count). The van der Waals surface area contributed by atoms with Gasteiger partial charge in [0.15, 0.2) is 11.5 Å². The number of amides is 3. The lowest BCUT2D eigenvalue weighted by Gasteiger charge is -2.14. The summed E-state index contributed by atoms with van der Waals surface area (Å²) in [5.74, 6) is -0.567. The van der Waals surface area contributed by atoms with Crippen LogP contribution < -0.4 is 14.8 Å². The lowest BCUT2D eigenvalue weighted by Crippen LogP contribution is -2.36. The average molecular weight is 500 g/mol. The predicted octanol–water partition coefficient (Wildman–Crippen LogP) is 2.97. The van der Waals surface area contributed by atoms with Gasteiger partial charge in [0.25, 0.3) is 5.91 Å². The third-order valence-corrected chi connectivity index (χ3v) is 5.14. The standard InChI is InChI=1S/C22H18BrN3O6/c1-30-18-9-13(8-17-21(28)26(22(29)25-17)11-19(27)31-2)7-16(23)20(18)32-12-15-6-4-3-5-14(15)10-24/h3-9H,11-12H2,1-2H3,(H,25,29). The summed E-state index contributed by atoms with van der Waals surface area (Å²) in [6, 6.07) is 11.8. The summed E-state index contributed by atoms with van der Waals surface area (Å²) in [7, 11) is 2.64. The van der Waals surface area contributed by atoms with E-state index in [-0.39, 0.29) is 12.3 Å². The Kier molecular flexibility index (Phi) is 7.12. The number of nitrogens with zero attached hydrogens (tertiary/aromatic N) is 2. The van der Waals surface area contributed by atoms with E-state index in [1.54, 1.807) is 30.3 Å². The summed E-state index contributed by atoms with van der Waals surface area (Å²) < 4.78 is 16.4. The van der Waals surface area contributed by atoms with Gasteiger partial charge in [-0.2, -0.15) is 5.26 Å². The first-order valence-corrected chi connectivity index (χ1v) is 10.1. The number of esters is 1. The Hall–Kier alpha value is -3.84. The van der Waals surface area contributed by atoms with E-state index in [1.807, 2.05) is 6.07 Å². The zero-order valence-electron chi connectivity index (χ0n) is 17.2. The summed E-state index contributed by atoms with van der Waals surface area (Å²) in [5, 5.41) is 11.7. The van der Waals surface area contributed by atoms with Crippen molar-refractivity contribution in [3.63, 3.8) is 0 Å². The highest BCUT2D eigenvalue weighted by molar-refractivity contribution is 9.10. The Morgan fingerprint density at radius 1 is 1.25 bits per heavy atom. The van der Waals surface area contributed by atoms with Crippen molar-refractivity contribution in [1.82, 2.24) is 10.2 Å². The van der Waals surface area contributed by atoms with E-state index in [2.05, 4.69) is 32.1 Å². The molecule has 0 atom stereocenters. The van der Waals surface area contributed by atoms with E-state index in [1.165, 1.54) is 20.3 Å². The highest BCUT2D eigenvalue weighted by atomic mass is 79.9. The normalized spacial score (nSPS) is 14.2. The number of nitriles is 1. The number of ether oxygens (including phenoxy) is 3. The molecule has 9 nitrogen and oxygen atoms in total. The Bertz CT molecular complexity index is 1150. The lowest BCUT2D eigenvalue weighted by atomic mass is 10.1. The highest BCUT2D eigenvalue weighted by Crippen LogP contribution is 2.38. The zero-order chi connectivity index (χ0) is 23.3. The van der Waals surface area contributed by atoms with E-state index < -0.39 is 24.5 Å². The van der Waals surface area contributed by atoms with Crippen LogP contribution in [0.1, 0.15) is 16.7 Å². The van der Waals surface area contributed by atoms with Crippen LogP contribution in [0.4, 0.5) is 4.79 Å². The van der Waals surface area contributed by atoms with Gasteiger partial charge in [0.05, 0.1) is 30.3 Å². The average Bonchev–Trinajstić information content (AvgIpc) is 3.05. The largest absolute Gasteiger partial charge is 0.493 e. The molecule has 0 aromatic heterocycles. The van der Waals surface area contributed by atoms with Crippen molar-refractivity contribution in [2.45, 2.75) is 6.61 Å². The third-order valence-electron chi connectivity index (χ3n) is 4.55. The first kappa shape index (κ1) is 22.8. The molecule has 1 fully saturated rings. The van der Waals surface area contributed by atoms with Gasteiger partial charge in [-0.3, -0.25) is 9.59 Å². The van der Waals surface area contributed by atoms with Gasteiger partial charge in [0.1, 0.15) is 18.8 Å². The van der Waals surface area contributed by atoms with Crippen LogP contribution >= 0.6 is 15.9 Å². The van der Waals surface area contributed by atoms with Crippen LogP contribution in [0.5, 0.6) is 11.5 Å². The monoisotopic (exact) mass is 499 g/mol. The van der Waals surface area contributed by atoms with Gasteiger partial charge in [-0.25, -0.2) is 9.69 Å². The number of carbonyl (C=O) groups is 3. The number of carbonyl (C=O) groups excluding carboxylic acids is 3. The van der Waals surface area contributed by atoms with Crippen molar-refractivity contribution in [2.24, 2.45) is 0 Å². The molecule has 1 aliphatic heterocycles. The quantitative estimate of drug-likeness (QED) is 0.353. The molecule has 0 saturated carbocycles. The molecule has 32 heavy (non-hydrogen) atoms. The second-order valence-electron chi connectivity index (χ2n) is 6.55. The molecule has 0 bridgehead atoms. The van der Waals surface area contributed by atoms with Crippen LogP contribution in [0.3, 0.4) is 0 Å². The second-order valence-corrected chi connectivity index (χ2v) is 7.40. The molecule has 1 N–H and O–H groups in total. The van der Waals surface area contributed by atoms with Crippen LogP contribution in [0.25, 0.3) is 6.08 Å². The molecule has 2 aromatic carbocycles. The molecule has 10 heteroatoms. The number of hydrogen-bond acceptors (Lipinski definition) is 7. The Morgan fingerprint density at radius 2 is 2.00 bits per heavy atom. The fraction of sp³-hybridized carbons (Fsp3) is 0.182. The SMILES string of the molecule is COC(=O)CN1C(=O)NC(=Cc2cc(Br)c(OCc3ccccc3C#N)c(OC)c2)C1=O. The molecule has 0 aliphatic carbocycles. The first-order valence-electron chi connectivity index (χ1n) is 9.27.